The lowest BCUT2D eigenvalue weighted by Crippen LogP contribution is -2.12. The number of carbonyl (C=O) groups is 1. The molecule has 0 bridgehead atoms. The molecule has 0 amide bonds. The number of rotatable bonds is 2. The van der Waals surface area contributed by atoms with Gasteiger partial charge in [-0.25, -0.2) is 4.79 Å². The molecule has 9 heteroatoms. The Morgan fingerprint density at radius 2 is 2.00 bits per heavy atom. The summed E-state index contributed by atoms with van der Waals surface area (Å²) < 4.78 is 37.5. The van der Waals surface area contributed by atoms with E-state index in [1.165, 1.54) is 0 Å². The van der Waals surface area contributed by atoms with Gasteiger partial charge in [0, 0.05) is 6.07 Å². The van der Waals surface area contributed by atoms with Gasteiger partial charge in [0.05, 0.1) is 22.1 Å². The third-order valence-corrected chi connectivity index (χ3v) is 1.99. The van der Waals surface area contributed by atoms with Crippen LogP contribution >= 0.6 is 0 Å². The van der Waals surface area contributed by atoms with E-state index in [4.69, 9.17) is 10.4 Å². The average molecular weight is 260 g/mol. The smallest absolute Gasteiger partial charge is 0.417 e. The van der Waals surface area contributed by atoms with Gasteiger partial charge in [0.25, 0.3) is 5.69 Å². The van der Waals surface area contributed by atoms with E-state index in [0.29, 0.717) is 6.07 Å². The fraction of sp³-hybridized carbons (Fsp3) is 0.111. The number of hydrogen-bond acceptors (Lipinski definition) is 4. The van der Waals surface area contributed by atoms with Crippen LogP contribution in [-0.4, -0.2) is 16.0 Å². The lowest BCUT2D eigenvalue weighted by Gasteiger charge is -2.09. The summed E-state index contributed by atoms with van der Waals surface area (Å²) in [7, 11) is 0. The summed E-state index contributed by atoms with van der Waals surface area (Å²) >= 11 is 0. The van der Waals surface area contributed by atoms with Gasteiger partial charge in [-0.1, -0.05) is 0 Å². The summed E-state index contributed by atoms with van der Waals surface area (Å²) in [6, 6.07) is 1.54. The Labute approximate surface area is 97.0 Å². The molecule has 0 aliphatic carbocycles. The molecule has 6 nitrogen and oxygen atoms in total. The number of nitro benzene ring substituents is 1. The Balaban J connectivity index is 3.69. The van der Waals surface area contributed by atoms with Gasteiger partial charge in [0.1, 0.15) is 5.56 Å². The van der Waals surface area contributed by atoms with Crippen LogP contribution in [0.4, 0.5) is 18.9 Å². The molecule has 0 atom stereocenters. The monoisotopic (exact) mass is 260 g/mol. The Bertz CT molecular complexity index is 574. The predicted molar refractivity (Wildman–Crippen MR) is 49.8 cm³/mol. The van der Waals surface area contributed by atoms with E-state index < -0.39 is 39.4 Å². The number of aromatic carboxylic acids is 1. The lowest BCUT2D eigenvalue weighted by atomic mass is 10.0. The molecule has 0 spiro atoms. The zero-order valence-corrected chi connectivity index (χ0v) is 8.35. The van der Waals surface area contributed by atoms with Crippen molar-refractivity contribution in [3.63, 3.8) is 0 Å². The van der Waals surface area contributed by atoms with Crippen molar-refractivity contribution in [2.75, 3.05) is 0 Å². The van der Waals surface area contributed by atoms with Gasteiger partial charge in [-0.3, -0.25) is 10.1 Å². The first-order valence-electron chi connectivity index (χ1n) is 4.21. The average Bonchev–Trinajstić information content (AvgIpc) is 2.25. The summed E-state index contributed by atoms with van der Waals surface area (Å²) in [4.78, 5) is 19.9. The van der Waals surface area contributed by atoms with Crippen molar-refractivity contribution >= 4 is 11.7 Å². The summed E-state index contributed by atoms with van der Waals surface area (Å²) in [5.74, 6) is -1.79. The van der Waals surface area contributed by atoms with Crippen LogP contribution in [0.5, 0.6) is 0 Å². The maximum atomic E-state index is 12.5. The molecule has 1 rings (SSSR count). The van der Waals surface area contributed by atoms with Crippen LogP contribution in [0.25, 0.3) is 0 Å². The van der Waals surface area contributed by atoms with E-state index in [2.05, 4.69) is 0 Å². The van der Waals surface area contributed by atoms with Gasteiger partial charge in [-0.15, -0.1) is 0 Å². The van der Waals surface area contributed by atoms with Crippen molar-refractivity contribution in [1.82, 2.24) is 0 Å². The molecular weight excluding hydrogens is 257 g/mol. The van der Waals surface area contributed by atoms with E-state index in [9.17, 15) is 28.1 Å². The highest BCUT2D eigenvalue weighted by Crippen LogP contribution is 2.35. The molecule has 0 radical (unpaired) electrons. The molecule has 94 valence electrons. The highest BCUT2D eigenvalue weighted by atomic mass is 19.4. The molecular formula is C9H3F3N2O4. The molecule has 0 saturated heterocycles. The van der Waals surface area contributed by atoms with Crippen LogP contribution in [0.1, 0.15) is 21.5 Å². The maximum absolute atomic E-state index is 12.5. The van der Waals surface area contributed by atoms with E-state index in [1.54, 1.807) is 0 Å². The van der Waals surface area contributed by atoms with E-state index in [-0.39, 0.29) is 6.07 Å². The van der Waals surface area contributed by atoms with Gasteiger partial charge < -0.3 is 5.11 Å². The Kier molecular flexibility index (Phi) is 3.23. The maximum Gasteiger partial charge on any atom is 0.417 e. The summed E-state index contributed by atoms with van der Waals surface area (Å²) in [6.07, 6.45) is -4.98. The quantitative estimate of drug-likeness (QED) is 0.648. The summed E-state index contributed by atoms with van der Waals surface area (Å²) in [6.45, 7) is 0. The fourth-order valence-corrected chi connectivity index (χ4v) is 1.24. The lowest BCUT2D eigenvalue weighted by molar-refractivity contribution is -0.385. The molecule has 18 heavy (non-hydrogen) atoms. The second kappa shape index (κ2) is 4.33. The number of nitro groups is 1. The number of benzene rings is 1. The molecule has 0 aliphatic heterocycles. The fourth-order valence-electron chi connectivity index (χ4n) is 1.24. The highest BCUT2D eigenvalue weighted by molar-refractivity contribution is 5.93. The normalized spacial score (nSPS) is 10.8. The van der Waals surface area contributed by atoms with E-state index in [1.807, 2.05) is 0 Å². The first-order chi connectivity index (χ1) is 8.18. The van der Waals surface area contributed by atoms with E-state index in [0.717, 1.165) is 6.07 Å². The molecule has 0 unspecified atom stereocenters. The summed E-state index contributed by atoms with van der Waals surface area (Å²) in [5, 5.41) is 27.6. The molecule has 0 fully saturated rings. The zero-order chi connectivity index (χ0) is 14.1. The number of nitriles is 1. The molecule has 0 saturated carbocycles. The second-order valence-corrected chi connectivity index (χ2v) is 3.09. The number of nitrogens with zero attached hydrogens (tertiary/aromatic N) is 2. The van der Waals surface area contributed by atoms with Crippen LogP contribution in [-0.2, 0) is 6.18 Å². The van der Waals surface area contributed by atoms with Gasteiger partial charge in [-0.2, -0.15) is 18.4 Å². The van der Waals surface area contributed by atoms with Crippen LogP contribution in [0.3, 0.4) is 0 Å². The minimum atomic E-state index is -4.98. The van der Waals surface area contributed by atoms with Crippen LogP contribution in [0.2, 0.25) is 0 Å². The third kappa shape index (κ3) is 2.37. The van der Waals surface area contributed by atoms with Gasteiger partial charge >= 0.3 is 12.1 Å². The van der Waals surface area contributed by atoms with Gasteiger partial charge in [0.15, 0.2) is 0 Å². The molecule has 1 aromatic rings. The Morgan fingerprint density at radius 1 is 1.44 bits per heavy atom. The van der Waals surface area contributed by atoms with E-state index >= 15 is 0 Å². The van der Waals surface area contributed by atoms with Crippen molar-refractivity contribution in [2.45, 2.75) is 6.18 Å². The van der Waals surface area contributed by atoms with Crippen LogP contribution < -0.4 is 0 Å². The largest absolute Gasteiger partial charge is 0.477 e. The Morgan fingerprint density at radius 3 is 2.33 bits per heavy atom. The zero-order valence-electron chi connectivity index (χ0n) is 8.35. The topological polar surface area (TPSA) is 104 Å². The second-order valence-electron chi connectivity index (χ2n) is 3.09. The minimum absolute atomic E-state index is 0.0437. The predicted octanol–water partition coefficient (Wildman–Crippen LogP) is 2.18. The first-order valence-corrected chi connectivity index (χ1v) is 4.21. The number of carboxylic acid groups (broad SMARTS) is 1. The minimum Gasteiger partial charge on any atom is -0.477 e. The Hall–Kier alpha value is -2.63. The van der Waals surface area contributed by atoms with Gasteiger partial charge in [-0.05, 0) is 6.07 Å². The first kappa shape index (κ1) is 13.4. The number of hydrogen-bond donors (Lipinski definition) is 1. The highest BCUT2D eigenvalue weighted by Gasteiger charge is 2.37. The van der Waals surface area contributed by atoms with Crippen LogP contribution in [0, 0.1) is 21.4 Å². The van der Waals surface area contributed by atoms with Gasteiger partial charge in [0.2, 0.25) is 0 Å². The van der Waals surface area contributed by atoms with Crippen molar-refractivity contribution in [1.29, 1.82) is 5.26 Å². The standard InChI is InChI=1S/C9H3F3N2O4/c10-9(11,12)6-2-7(14(17)18)5(8(15)16)1-4(6)3-13/h1-2H,(H,15,16). The van der Waals surface area contributed by atoms with Crippen molar-refractivity contribution in [2.24, 2.45) is 0 Å². The molecule has 1 N–H and O–H groups in total. The number of halogens is 3. The molecule has 1 aromatic carbocycles. The van der Waals surface area contributed by atoms with Crippen molar-refractivity contribution in [3.8, 4) is 6.07 Å². The molecule has 0 aromatic heterocycles. The number of alkyl halides is 3. The van der Waals surface area contributed by atoms with Crippen molar-refractivity contribution < 1.29 is 28.0 Å². The van der Waals surface area contributed by atoms with Crippen LogP contribution in [0.15, 0.2) is 12.1 Å². The number of carboxylic acids is 1. The SMILES string of the molecule is N#Cc1cc(C(=O)O)c([N+](=O)[O-])cc1C(F)(F)F. The third-order valence-electron chi connectivity index (χ3n) is 1.99. The molecule has 0 aliphatic rings. The summed E-state index contributed by atoms with van der Waals surface area (Å²) in [5.41, 5.74) is -4.70. The van der Waals surface area contributed by atoms with Crippen molar-refractivity contribution in [3.05, 3.63) is 38.9 Å². The molecule has 0 heterocycles.